The zero-order valence-electron chi connectivity index (χ0n) is 12.9. The van der Waals surface area contributed by atoms with Gasteiger partial charge in [0.05, 0.1) is 23.4 Å². The third-order valence-corrected chi connectivity index (χ3v) is 3.96. The molecule has 0 saturated carbocycles. The first-order chi connectivity index (χ1) is 11.2. The molecule has 1 N–H and O–H groups in total. The molecule has 0 fully saturated rings. The van der Waals surface area contributed by atoms with E-state index in [4.69, 9.17) is 0 Å². The quantitative estimate of drug-likeness (QED) is 0.785. The van der Waals surface area contributed by atoms with E-state index in [9.17, 15) is 9.50 Å². The van der Waals surface area contributed by atoms with Crippen LogP contribution in [0.25, 0.3) is 11.0 Å². The molecule has 0 bridgehead atoms. The Bertz CT molecular complexity index is 795. The molecule has 0 aliphatic carbocycles. The van der Waals surface area contributed by atoms with E-state index in [1.165, 1.54) is 12.3 Å². The molecule has 2 aromatic heterocycles. The highest BCUT2D eigenvalue weighted by atomic mass is 19.1. The van der Waals surface area contributed by atoms with Gasteiger partial charge in [0.15, 0.2) is 0 Å². The lowest BCUT2D eigenvalue weighted by Crippen LogP contribution is -2.25. The molecule has 3 aromatic rings. The van der Waals surface area contributed by atoms with E-state index in [1.807, 2.05) is 43.4 Å². The first kappa shape index (κ1) is 15.4. The minimum atomic E-state index is -0.403. The molecule has 0 aliphatic heterocycles. The fourth-order valence-corrected chi connectivity index (χ4v) is 2.83. The number of rotatable bonds is 5. The number of nitrogens with zero attached hydrogens (tertiary/aromatic N) is 3. The summed E-state index contributed by atoms with van der Waals surface area (Å²) < 4.78 is 13.4. The monoisotopic (exact) mass is 311 g/mol. The summed E-state index contributed by atoms with van der Waals surface area (Å²) >= 11 is 0. The van der Waals surface area contributed by atoms with E-state index in [0.717, 1.165) is 11.3 Å². The van der Waals surface area contributed by atoms with Gasteiger partial charge in [-0.2, -0.15) is 0 Å². The van der Waals surface area contributed by atoms with Crippen molar-refractivity contribution in [3.05, 3.63) is 66.2 Å². The van der Waals surface area contributed by atoms with Crippen LogP contribution in [0.3, 0.4) is 0 Å². The number of aliphatic hydroxyl groups excluding tert-OH is 1. The van der Waals surface area contributed by atoms with Gasteiger partial charge in [0.1, 0.15) is 11.3 Å². The Morgan fingerprint density at radius 3 is 2.70 bits per heavy atom. The molecule has 23 heavy (non-hydrogen) atoms. The van der Waals surface area contributed by atoms with Gasteiger partial charge < -0.3 is 10.0 Å². The molecule has 4 nitrogen and oxygen atoms in total. The molecule has 5 heteroatoms. The van der Waals surface area contributed by atoms with Crippen LogP contribution >= 0.6 is 0 Å². The van der Waals surface area contributed by atoms with Crippen molar-refractivity contribution in [1.82, 2.24) is 9.97 Å². The van der Waals surface area contributed by atoms with Gasteiger partial charge in [-0.15, -0.1) is 0 Å². The minimum Gasteiger partial charge on any atom is -0.396 e. The average molecular weight is 311 g/mol. The highest BCUT2D eigenvalue weighted by molar-refractivity contribution is 5.87. The number of aliphatic hydroxyl groups is 1. The molecule has 0 saturated heterocycles. The highest BCUT2D eigenvalue weighted by Gasteiger charge is 2.19. The number of hydrogen-bond acceptors (Lipinski definition) is 4. The van der Waals surface area contributed by atoms with Gasteiger partial charge in [0, 0.05) is 25.9 Å². The lowest BCUT2D eigenvalue weighted by molar-refractivity contribution is 0.275. The molecular weight excluding hydrogens is 293 g/mol. The van der Waals surface area contributed by atoms with Crippen molar-refractivity contribution in [3.63, 3.8) is 0 Å². The van der Waals surface area contributed by atoms with E-state index >= 15 is 0 Å². The van der Waals surface area contributed by atoms with Crippen molar-refractivity contribution < 1.29 is 9.50 Å². The Labute approximate surface area is 134 Å². The lowest BCUT2D eigenvalue weighted by atomic mass is 10.0. The van der Waals surface area contributed by atoms with Crippen LogP contribution in [0.4, 0.5) is 10.1 Å². The summed E-state index contributed by atoms with van der Waals surface area (Å²) in [5, 5.41) is 9.44. The number of halogens is 1. The predicted molar refractivity (Wildman–Crippen MR) is 88.8 cm³/mol. The van der Waals surface area contributed by atoms with Gasteiger partial charge in [-0.3, -0.25) is 4.98 Å². The summed E-state index contributed by atoms with van der Waals surface area (Å²) in [6.07, 6.45) is 3.44. The SMILES string of the molecule is CN(c1ccnc2cc(F)cnc12)[C@H](CCO)c1ccccc1. The van der Waals surface area contributed by atoms with E-state index in [-0.39, 0.29) is 12.6 Å². The number of pyridine rings is 2. The predicted octanol–water partition coefficient (Wildman–Crippen LogP) is 3.33. The Kier molecular flexibility index (Phi) is 4.48. The van der Waals surface area contributed by atoms with Gasteiger partial charge in [0.2, 0.25) is 0 Å². The van der Waals surface area contributed by atoms with Crippen molar-refractivity contribution in [2.24, 2.45) is 0 Å². The Hall–Kier alpha value is -2.53. The molecule has 0 spiro atoms. The van der Waals surface area contributed by atoms with Gasteiger partial charge in [0.25, 0.3) is 0 Å². The summed E-state index contributed by atoms with van der Waals surface area (Å²) in [5.41, 5.74) is 3.13. The summed E-state index contributed by atoms with van der Waals surface area (Å²) in [5.74, 6) is -0.403. The lowest BCUT2D eigenvalue weighted by Gasteiger charge is -2.30. The van der Waals surface area contributed by atoms with Gasteiger partial charge in [-0.1, -0.05) is 30.3 Å². The van der Waals surface area contributed by atoms with Crippen molar-refractivity contribution in [2.75, 3.05) is 18.6 Å². The molecule has 0 amide bonds. The van der Waals surface area contributed by atoms with Crippen molar-refractivity contribution in [1.29, 1.82) is 0 Å². The smallest absolute Gasteiger partial charge is 0.143 e. The Balaban J connectivity index is 2.05. The fraction of sp³-hybridized carbons (Fsp3) is 0.222. The Morgan fingerprint density at radius 2 is 1.96 bits per heavy atom. The van der Waals surface area contributed by atoms with Crippen LogP contribution in [0.5, 0.6) is 0 Å². The average Bonchev–Trinajstić information content (AvgIpc) is 2.59. The summed E-state index contributed by atoms with van der Waals surface area (Å²) in [4.78, 5) is 10.4. The maximum Gasteiger partial charge on any atom is 0.143 e. The summed E-state index contributed by atoms with van der Waals surface area (Å²) in [6.45, 7) is 0.0783. The van der Waals surface area contributed by atoms with Crippen LogP contribution in [-0.2, 0) is 0 Å². The molecule has 118 valence electrons. The number of aromatic nitrogens is 2. The minimum absolute atomic E-state index is 0.00125. The molecule has 1 atom stereocenters. The zero-order chi connectivity index (χ0) is 16.2. The van der Waals surface area contributed by atoms with Gasteiger partial charge in [-0.05, 0) is 18.1 Å². The van der Waals surface area contributed by atoms with Crippen LogP contribution in [0.2, 0.25) is 0 Å². The third kappa shape index (κ3) is 3.14. The maximum absolute atomic E-state index is 13.4. The molecule has 3 rings (SSSR count). The summed E-state index contributed by atoms with van der Waals surface area (Å²) in [7, 11) is 1.95. The second-order valence-electron chi connectivity index (χ2n) is 5.40. The van der Waals surface area contributed by atoms with E-state index < -0.39 is 5.82 Å². The van der Waals surface area contributed by atoms with Crippen LogP contribution < -0.4 is 4.90 Å². The first-order valence-electron chi connectivity index (χ1n) is 7.49. The van der Waals surface area contributed by atoms with Crippen LogP contribution in [0.15, 0.2) is 54.9 Å². The van der Waals surface area contributed by atoms with Crippen LogP contribution in [0.1, 0.15) is 18.0 Å². The van der Waals surface area contributed by atoms with Crippen molar-refractivity contribution in [2.45, 2.75) is 12.5 Å². The topological polar surface area (TPSA) is 49.2 Å². The summed E-state index contributed by atoms with van der Waals surface area (Å²) in [6, 6.07) is 13.2. The molecule has 0 unspecified atom stereocenters. The largest absolute Gasteiger partial charge is 0.396 e. The molecular formula is C18H18FN3O. The first-order valence-corrected chi connectivity index (χ1v) is 7.49. The normalized spacial score (nSPS) is 12.3. The number of hydrogen-bond donors (Lipinski definition) is 1. The van der Waals surface area contributed by atoms with Crippen LogP contribution in [-0.4, -0.2) is 28.7 Å². The fourth-order valence-electron chi connectivity index (χ4n) is 2.83. The van der Waals surface area contributed by atoms with E-state index in [0.29, 0.717) is 17.5 Å². The third-order valence-electron chi connectivity index (χ3n) is 3.96. The molecule has 2 heterocycles. The van der Waals surface area contributed by atoms with Gasteiger partial charge in [-0.25, -0.2) is 9.37 Å². The highest BCUT2D eigenvalue weighted by Crippen LogP contribution is 2.31. The zero-order valence-corrected chi connectivity index (χ0v) is 12.9. The second-order valence-corrected chi connectivity index (χ2v) is 5.40. The Morgan fingerprint density at radius 1 is 1.17 bits per heavy atom. The standard InChI is InChI=1S/C18H18FN3O/c1-22(16(8-10-23)13-5-3-2-4-6-13)17-7-9-20-15-11-14(19)12-21-18(15)17/h2-7,9,11-12,16,23H,8,10H2,1H3/t16-/m1/s1. The number of benzene rings is 1. The number of fused-ring (bicyclic) bond motifs is 1. The number of anilines is 1. The molecule has 0 radical (unpaired) electrons. The van der Waals surface area contributed by atoms with E-state index in [1.54, 1.807) is 6.20 Å². The van der Waals surface area contributed by atoms with Gasteiger partial charge >= 0.3 is 0 Å². The molecule has 0 aliphatic rings. The van der Waals surface area contributed by atoms with Crippen molar-refractivity contribution in [3.8, 4) is 0 Å². The molecule has 1 aromatic carbocycles. The van der Waals surface area contributed by atoms with Crippen LogP contribution in [0, 0.1) is 5.82 Å². The van der Waals surface area contributed by atoms with E-state index in [2.05, 4.69) is 14.9 Å². The second kappa shape index (κ2) is 6.71. The maximum atomic E-state index is 13.4. The van der Waals surface area contributed by atoms with Crippen molar-refractivity contribution >= 4 is 16.7 Å².